The van der Waals surface area contributed by atoms with Crippen molar-refractivity contribution in [3.63, 3.8) is 0 Å². The smallest absolute Gasteiger partial charge is 0.246 e. The molecule has 4 heteroatoms. The molecular weight excluding hydrogens is 252 g/mol. The zero-order chi connectivity index (χ0) is 15.4. The predicted octanol–water partition coefficient (Wildman–Crippen LogP) is 2.57. The molecule has 0 saturated carbocycles. The van der Waals surface area contributed by atoms with E-state index >= 15 is 0 Å². The molecule has 4 nitrogen and oxygen atoms in total. The Morgan fingerprint density at radius 3 is 2.00 bits per heavy atom. The molecule has 1 rings (SSSR count). The van der Waals surface area contributed by atoms with Gasteiger partial charge in [-0.25, -0.2) is 0 Å². The molecule has 1 aliphatic heterocycles. The number of piperazine rings is 1. The Balaban J connectivity index is 3.10. The monoisotopic (exact) mass is 282 g/mol. The lowest BCUT2D eigenvalue weighted by Gasteiger charge is -2.45. The molecule has 0 radical (unpaired) electrons. The summed E-state index contributed by atoms with van der Waals surface area (Å²) in [6, 6.07) is -0.566. The highest BCUT2D eigenvalue weighted by Crippen LogP contribution is 2.26. The number of amides is 2. The van der Waals surface area contributed by atoms with Crippen LogP contribution in [0.25, 0.3) is 0 Å². The number of rotatable bonds is 6. The van der Waals surface area contributed by atoms with Gasteiger partial charge in [0.1, 0.15) is 12.1 Å². The van der Waals surface area contributed by atoms with E-state index in [0.29, 0.717) is 0 Å². The molecule has 0 bridgehead atoms. The molecule has 0 aliphatic carbocycles. The third-order valence-corrected chi connectivity index (χ3v) is 4.85. The van der Waals surface area contributed by atoms with Crippen LogP contribution in [0.3, 0.4) is 0 Å². The van der Waals surface area contributed by atoms with Crippen LogP contribution < -0.4 is 5.32 Å². The fourth-order valence-corrected chi connectivity index (χ4v) is 2.79. The van der Waals surface area contributed by atoms with Gasteiger partial charge in [-0.05, 0) is 25.2 Å². The first-order valence-corrected chi connectivity index (χ1v) is 8.01. The first-order valence-electron chi connectivity index (χ1n) is 8.01. The molecular formula is C16H30N2O2. The van der Waals surface area contributed by atoms with E-state index in [1.165, 1.54) is 0 Å². The third kappa shape index (κ3) is 3.15. The topological polar surface area (TPSA) is 49.4 Å². The molecule has 20 heavy (non-hydrogen) atoms. The lowest BCUT2D eigenvalue weighted by atomic mass is 9.88. The van der Waals surface area contributed by atoms with E-state index in [1.54, 1.807) is 0 Å². The standard InChI is InChI=1S/C16H30N2O2/c1-7-10(4)13-16(20)18(12(6)9-3)14(11(5)8-2)15(19)17-13/h10-14H,7-9H2,1-6H3,(H,17,19). The molecule has 1 saturated heterocycles. The van der Waals surface area contributed by atoms with Gasteiger partial charge in [-0.1, -0.05) is 47.5 Å². The molecule has 0 spiro atoms. The van der Waals surface area contributed by atoms with Crippen molar-refractivity contribution >= 4 is 11.8 Å². The first kappa shape index (κ1) is 17.0. The van der Waals surface area contributed by atoms with Gasteiger partial charge in [0.05, 0.1) is 0 Å². The number of carbonyl (C=O) groups is 2. The van der Waals surface area contributed by atoms with Crippen molar-refractivity contribution in [2.75, 3.05) is 0 Å². The summed E-state index contributed by atoms with van der Waals surface area (Å²) < 4.78 is 0. The summed E-state index contributed by atoms with van der Waals surface area (Å²) >= 11 is 0. The molecule has 1 N–H and O–H groups in total. The molecule has 0 aromatic heterocycles. The third-order valence-electron chi connectivity index (χ3n) is 4.85. The van der Waals surface area contributed by atoms with E-state index in [9.17, 15) is 9.59 Å². The van der Waals surface area contributed by atoms with E-state index in [-0.39, 0.29) is 41.8 Å². The van der Waals surface area contributed by atoms with Crippen molar-refractivity contribution in [2.24, 2.45) is 11.8 Å². The van der Waals surface area contributed by atoms with Gasteiger partial charge >= 0.3 is 0 Å². The number of nitrogens with zero attached hydrogens (tertiary/aromatic N) is 1. The molecule has 1 fully saturated rings. The lowest BCUT2D eigenvalue weighted by Crippen LogP contribution is -2.68. The Morgan fingerprint density at radius 2 is 1.55 bits per heavy atom. The van der Waals surface area contributed by atoms with Crippen LogP contribution >= 0.6 is 0 Å². The van der Waals surface area contributed by atoms with Crippen molar-refractivity contribution in [2.45, 2.75) is 78.9 Å². The van der Waals surface area contributed by atoms with Crippen LogP contribution in [0.15, 0.2) is 0 Å². The molecule has 5 atom stereocenters. The Kier molecular flexibility index (Phi) is 6.03. The highest BCUT2D eigenvalue weighted by Gasteiger charge is 2.45. The highest BCUT2D eigenvalue weighted by molar-refractivity contribution is 5.97. The molecule has 1 aliphatic rings. The van der Waals surface area contributed by atoms with E-state index < -0.39 is 0 Å². The zero-order valence-corrected chi connectivity index (χ0v) is 13.8. The lowest BCUT2D eigenvalue weighted by molar-refractivity contribution is -0.155. The van der Waals surface area contributed by atoms with Gasteiger partial charge in [0.25, 0.3) is 0 Å². The summed E-state index contributed by atoms with van der Waals surface area (Å²) in [6.07, 6.45) is 2.66. The number of hydrogen-bond acceptors (Lipinski definition) is 2. The van der Waals surface area contributed by atoms with Crippen LogP contribution in [0.2, 0.25) is 0 Å². The molecule has 1 heterocycles. The molecule has 0 aromatic carbocycles. The summed E-state index contributed by atoms with van der Waals surface area (Å²) in [4.78, 5) is 27.2. The molecule has 116 valence electrons. The van der Waals surface area contributed by atoms with Crippen LogP contribution in [0.4, 0.5) is 0 Å². The fraction of sp³-hybridized carbons (Fsp3) is 0.875. The van der Waals surface area contributed by atoms with Gasteiger partial charge in [-0.15, -0.1) is 0 Å². The van der Waals surface area contributed by atoms with Gasteiger partial charge in [0, 0.05) is 6.04 Å². The Labute approximate surface area is 123 Å². The number of hydrogen-bond donors (Lipinski definition) is 1. The average Bonchev–Trinajstić information content (AvgIpc) is 2.46. The number of carbonyl (C=O) groups excluding carboxylic acids is 2. The van der Waals surface area contributed by atoms with Gasteiger partial charge in [0.15, 0.2) is 0 Å². The molecule has 0 aromatic rings. The minimum atomic E-state index is -0.359. The average molecular weight is 282 g/mol. The van der Waals surface area contributed by atoms with Crippen LogP contribution in [0, 0.1) is 11.8 Å². The van der Waals surface area contributed by atoms with Crippen molar-refractivity contribution in [1.82, 2.24) is 10.2 Å². The fourth-order valence-electron chi connectivity index (χ4n) is 2.79. The normalized spacial score (nSPS) is 28.0. The van der Waals surface area contributed by atoms with E-state index in [0.717, 1.165) is 19.3 Å². The van der Waals surface area contributed by atoms with Crippen molar-refractivity contribution in [1.29, 1.82) is 0 Å². The highest BCUT2D eigenvalue weighted by atomic mass is 16.2. The summed E-state index contributed by atoms with van der Waals surface area (Å²) in [5, 5.41) is 2.96. The van der Waals surface area contributed by atoms with Crippen LogP contribution in [0.5, 0.6) is 0 Å². The SMILES string of the molecule is CCC(C)C1NC(=O)C(C(C)CC)N(C(C)CC)C1=O. The minimum Gasteiger partial charge on any atom is -0.342 e. The quantitative estimate of drug-likeness (QED) is 0.814. The van der Waals surface area contributed by atoms with Crippen molar-refractivity contribution in [3.05, 3.63) is 0 Å². The number of nitrogens with one attached hydrogen (secondary N) is 1. The Hall–Kier alpha value is -1.06. The second kappa shape index (κ2) is 7.09. The maximum absolute atomic E-state index is 12.8. The van der Waals surface area contributed by atoms with Crippen LogP contribution in [0.1, 0.15) is 60.8 Å². The summed E-state index contributed by atoms with van der Waals surface area (Å²) in [5.41, 5.74) is 0. The molecule has 5 unspecified atom stereocenters. The second-order valence-electron chi connectivity index (χ2n) is 6.20. The van der Waals surface area contributed by atoms with E-state index in [4.69, 9.17) is 0 Å². The van der Waals surface area contributed by atoms with Gasteiger partial charge in [0.2, 0.25) is 11.8 Å². The van der Waals surface area contributed by atoms with Gasteiger partial charge in [-0.3, -0.25) is 9.59 Å². The van der Waals surface area contributed by atoms with Crippen LogP contribution in [-0.2, 0) is 9.59 Å². The van der Waals surface area contributed by atoms with Crippen molar-refractivity contribution < 1.29 is 9.59 Å². The van der Waals surface area contributed by atoms with Gasteiger partial charge in [-0.2, -0.15) is 0 Å². The largest absolute Gasteiger partial charge is 0.342 e. The maximum Gasteiger partial charge on any atom is 0.246 e. The summed E-state index contributed by atoms with van der Waals surface area (Å²) in [5.74, 6) is 0.477. The summed E-state index contributed by atoms with van der Waals surface area (Å²) in [7, 11) is 0. The first-order chi connectivity index (χ1) is 9.38. The Morgan fingerprint density at radius 1 is 1.00 bits per heavy atom. The summed E-state index contributed by atoms with van der Waals surface area (Å²) in [6.45, 7) is 12.3. The minimum absolute atomic E-state index is 0.0181. The second-order valence-corrected chi connectivity index (χ2v) is 6.20. The van der Waals surface area contributed by atoms with Crippen LogP contribution in [-0.4, -0.2) is 34.8 Å². The zero-order valence-electron chi connectivity index (χ0n) is 13.8. The Bertz CT molecular complexity index is 356. The molecule has 2 amide bonds. The maximum atomic E-state index is 12.8. The van der Waals surface area contributed by atoms with Crippen molar-refractivity contribution in [3.8, 4) is 0 Å². The van der Waals surface area contributed by atoms with E-state index in [2.05, 4.69) is 33.0 Å². The van der Waals surface area contributed by atoms with Gasteiger partial charge < -0.3 is 10.2 Å². The predicted molar refractivity (Wildman–Crippen MR) is 81.2 cm³/mol. The van der Waals surface area contributed by atoms with E-state index in [1.807, 2.05) is 18.7 Å².